The van der Waals surface area contributed by atoms with Gasteiger partial charge in [0.05, 0.1) is 17.3 Å². The summed E-state index contributed by atoms with van der Waals surface area (Å²) in [5.74, 6) is 0.0543. The number of hydrogen-bond donors (Lipinski definition) is 1. The number of ketones is 1. The Kier molecular flexibility index (Phi) is 3.17. The zero-order valence-corrected chi connectivity index (χ0v) is 11.9. The maximum atomic E-state index is 12.8. The molecule has 1 N–H and O–H groups in total. The number of aromatic hydroxyl groups is 1. The van der Waals surface area contributed by atoms with E-state index in [2.05, 4.69) is 9.97 Å². The quantitative estimate of drug-likeness (QED) is 0.749. The normalized spacial score (nSPS) is 11.0. The Bertz CT molecular complexity index is 819. The second-order valence-electron chi connectivity index (χ2n) is 4.87. The molecule has 0 aliphatic rings. The number of hydrogen-bond acceptors (Lipinski definition) is 4. The lowest BCUT2D eigenvalue weighted by molar-refractivity contribution is 0.103. The first-order valence-corrected chi connectivity index (χ1v) is 6.74. The Morgan fingerprint density at radius 2 is 2.00 bits per heavy atom. The smallest absolute Gasteiger partial charge is 0.197 e. The fraction of sp³-hybridized carbons (Fsp3) is 0.188. The highest BCUT2D eigenvalue weighted by Gasteiger charge is 2.22. The largest absolute Gasteiger partial charge is 0.508 e. The predicted octanol–water partition coefficient (Wildman–Crippen LogP) is 2.47. The van der Waals surface area contributed by atoms with E-state index in [1.165, 1.54) is 18.5 Å². The Labute approximate surface area is 121 Å². The van der Waals surface area contributed by atoms with E-state index in [1.807, 2.05) is 18.5 Å². The molecule has 106 valence electrons. The van der Waals surface area contributed by atoms with Gasteiger partial charge in [-0.15, -0.1) is 0 Å². The molecule has 0 spiro atoms. The lowest BCUT2D eigenvalue weighted by Gasteiger charge is -2.04. The van der Waals surface area contributed by atoms with Gasteiger partial charge in [0.2, 0.25) is 0 Å². The number of aryl methyl sites for hydroxylation is 1. The molecule has 0 amide bonds. The maximum Gasteiger partial charge on any atom is 0.197 e. The van der Waals surface area contributed by atoms with Crippen molar-refractivity contribution in [2.75, 3.05) is 0 Å². The van der Waals surface area contributed by atoms with Gasteiger partial charge in [-0.05, 0) is 30.7 Å². The number of fused-ring (bicyclic) bond motifs is 1. The van der Waals surface area contributed by atoms with Crippen LogP contribution in [0.4, 0.5) is 0 Å². The number of carbonyl (C=O) groups is 1. The van der Waals surface area contributed by atoms with Crippen LogP contribution in [0, 0.1) is 0 Å². The van der Waals surface area contributed by atoms with Gasteiger partial charge in [-0.2, -0.15) is 0 Å². The van der Waals surface area contributed by atoms with Gasteiger partial charge in [-0.1, -0.05) is 6.92 Å². The highest BCUT2D eigenvalue weighted by atomic mass is 16.3. The van der Waals surface area contributed by atoms with E-state index in [1.54, 1.807) is 18.3 Å². The Hall–Kier alpha value is -2.69. The molecule has 0 saturated heterocycles. The monoisotopic (exact) mass is 281 g/mol. The first-order valence-electron chi connectivity index (χ1n) is 6.74. The Balaban J connectivity index is 2.24. The molecule has 5 nitrogen and oxygen atoms in total. The van der Waals surface area contributed by atoms with Gasteiger partial charge >= 0.3 is 0 Å². The van der Waals surface area contributed by atoms with Crippen molar-refractivity contribution in [1.82, 2.24) is 14.5 Å². The summed E-state index contributed by atoms with van der Waals surface area (Å²) in [6.07, 6.45) is 3.90. The Morgan fingerprint density at radius 3 is 2.67 bits per heavy atom. The number of phenolic OH excluding ortho intramolecular Hbond substituents is 1. The summed E-state index contributed by atoms with van der Waals surface area (Å²) in [6, 6.07) is 6.27. The predicted molar refractivity (Wildman–Crippen MR) is 79.4 cm³/mol. The SMILES string of the molecule is CCc1c(C(=O)c2ccc(O)cc2)c2ncncc2n1C. The van der Waals surface area contributed by atoms with Gasteiger partial charge in [-0.3, -0.25) is 4.79 Å². The van der Waals surface area contributed by atoms with Gasteiger partial charge in [-0.25, -0.2) is 9.97 Å². The molecule has 0 saturated carbocycles. The van der Waals surface area contributed by atoms with Gasteiger partial charge in [0.15, 0.2) is 5.78 Å². The van der Waals surface area contributed by atoms with Crippen molar-refractivity contribution in [3.8, 4) is 5.75 Å². The van der Waals surface area contributed by atoms with Crippen LogP contribution in [-0.4, -0.2) is 25.4 Å². The van der Waals surface area contributed by atoms with Crippen LogP contribution in [-0.2, 0) is 13.5 Å². The lowest BCUT2D eigenvalue weighted by Crippen LogP contribution is -2.06. The van der Waals surface area contributed by atoms with E-state index >= 15 is 0 Å². The molecular formula is C16H15N3O2. The first kappa shape index (κ1) is 13.3. The standard InChI is InChI=1S/C16H15N3O2/c1-3-12-14(15-13(19(12)2)8-17-9-18-15)16(21)10-4-6-11(20)7-5-10/h4-9,20H,3H2,1-2H3. The van der Waals surface area contributed by atoms with Gasteiger partial charge in [0.1, 0.15) is 17.6 Å². The minimum atomic E-state index is -0.0869. The third-order valence-electron chi connectivity index (χ3n) is 3.68. The Morgan fingerprint density at radius 1 is 1.29 bits per heavy atom. The van der Waals surface area contributed by atoms with Crippen molar-refractivity contribution in [3.63, 3.8) is 0 Å². The molecule has 3 rings (SSSR count). The zero-order chi connectivity index (χ0) is 15.0. The van der Waals surface area contributed by atoms with E-state index < -0.39 is 0 Å². The number of carbonyl (C=O) groups excluding carboxylic acids is 1. The molecule has 21 heavy (non-hydrogen) atoms. The zero-order valence-electron chi connectivity index (χ0n) is 11.9. The van der Waals surface area contributed by atoms with Crippen LogP contribution in [0.15, 0.2) is 36.8 Å². The number of rotatable bonds is 3. The van der Waals surface area contributed by atoms with Crippen LogP contribution in [0.1, 0.15) is 28.5 Å². The molecule has 3 aromatic rings. The maximum absolute atomic E-state index is 12.8. The second kappa shape index (κ2) is 5.01. The molecule has 0 atom stereocenters. The summed E-state index contributed by atoms with van der Waals surface area (Å²) in [4.78, 5) is 21.1. The molecule has 0 bridgehead atoms. The molecule has 0 unspecified atom stereocenters. The van der Waals surface area contributed by atoms with E-state index in [0.717, 1.165) is 17.6 Å². The van der Waals surface area contributed by atoms with Crippen LogP contribution < -0.4 is 0 Å². The fourth-order valence-electron chi connectivity index (χ4n) is 2.62. The van der Waals surface area contributed by atoms with Crippen LogP contribution in [0.5, 0.6) is 5.75 Å². The van der Waals surface area contributed by atoms with Crippen LogP contribution in [0.25, 0.3) is 11.0 Å². The number of phenols is 1. The first-order chi connectivity index (χ1) is 10.1. The summed E-state index contributed by atoms with van der Waals surface area (Å²) < 4.78 is 1.96. The molecule has 1 aromatic carbocycles. The van der Waals surface area contributed by atoms with Crippen molar-refractivity contribution in [2.24, 2.45) is 7.05 Å². The van der Waals surface area contributed by atoms with Crippen molar-refractivity contribution in [3.05, 3.63) is 53.6 Å². The van der Waals surface area contributed by atoms with Crippen LogP contribution in [0.3, 0.4) is 0 Å². The van der Waals surface area contributed by atoms with Crippen molar-refractivity contribution in [2.45, 2.75) is 13.3 Å². The topological polar surface area (TPSA) is 68.0 Å². The summed E-state index contributed by atoms with van der Waals surface area (Å²) in [5.41, 5.74) is 3.60. The summed E-state index contributed by atoms with van der Waals surface area (Å²) in [5, 5.41) is 9.35. The fourth-order valence-corrected chi connectivity index (χ4v) is 2.62. The average Bonchev–Trinajstić information content (AvgIpc) is 2.80. The van der Waals surface area contributed by atoms with Crippen molar-refractivity contribution < 1.29 is 9.90 Å². The molecule has 0 aliphatic heterocycles. The third-order valence-corrected chi connectivity index (χ3v) is 3.68. The number of aromatic nitrogens is 3. The molecule has 2 heterocycles. The molecule has 2 aromatic heterocycles. The third kappa shape index (κ3) is 2.07. The van der Waals surface area contributed by atoms with E-state index in [9.17, 15) is 9.90 Å². The minimum Gasteiger partial charge on any atom is -0.508 e. The highest BCUT2D eigenvalue weighted by Crippen LogP contribution is 2.26. The summed E-state index contributed by atoms with van der Waals surface area (Å²) in [6.45, 7) is 2.01. The lowest BCUT2D eigenvalue weighted by atomic mass is 10.0. The highest BCUT2D eigenvalue weighted by molar-refractivity contribution is 6.16. The molecular weight excluding hydrogens is 266 g/mol. The average molecular weight is 281 g/mol. The molecule has 5 heteroatoms. The number of benzene rings is 1. The number of nitrogens with zero attached hydrogens (tertiary/aromatic N) is 3. The van der Waals surface area contributed by atoms with Crippen LogP contribution >= 0.6 is 0 Å². The van der Waals surface area contributed by atoms with Gasteiger partial charge in [0, 0.05) is 18.3 Å². The van der Waals surface area contributed by atoms with Gasteiger partial charge < -0.3 is 9.67 Å². The molecule has 0 fully saturated rings. The van der Waals surface area contributed by atoms with E-state index in [4.69, 9.17) is 0 Å². The second-order valence-corrected chi connectivity index (χ2v) is 4.87. The van der Waals surface area contributed by atoms with Crippen LogP contribution in [0.2, 0.25) is 0 Å². The van der Waals surface area contributed by atoms with Crippen molar-refractivity contribution in [1.29, 1.82) is 0 Å². The summed E-state index contributed by atoms with van der Waals surface area (Å²) >= 11 is 0. The molecule has 0 aliphatic carbocycles. The minimum absolute atomic E-state index is 0.0869. The van der Waals surface area contributed by atoms with Gasteiger partial charge in [0.25, 0.3) is 0 Å². The van der Waals surface area contributed by atoms with Crippen molar-refractivity contribution >= 4 is 16.8 Å². The summed E-state index contributed by atoms with van der Waals surface area (Å²) in [7, 11) is 1.91. The molecule has 0 radical (unpaired) electrons. The van der Waals surface area contributed by atoms with E-state index in [-0.39, 0.29) is 11.5 Å². The van der Waals surface area contributed by atoms with E-state index in [0.29, 0.717) is 16.6 Å².